The smallest absolute Gasteiger partial charge is 0.358 e. The number of hydrogen-bond acceptors (Lipinski definition) is 5. The molecule has 3 aromatic rings. The van der Waals surface area contributed by atoms with Gasteiger partial charge in [0, 0.05) is 22.9 Å². The molecule has 0 amide bonds. The van der Waals surface area contributed by atoms with Crippen LogP contribution in [-0.2, 0) is 4.74 Å². The number of carbonyl (C=O) groups is 1. The third kappa shape index (κ3) is 3.29. The molecule has 0 bridgehead atoms. The molecule has 23 heavy (non-hydrogen) atoms. The van der Waals surface area contributed by atoms with Crippen molar-refractivity contribution in [3.63, 3.8) is 0 Å². The van der Waals surface area contributed by atoms with E-state index >= 15 is 0 Å². The molecule has 0 saturated carbocycles. The standard InChI is InChI=1S/C16H13BrN4O2/c1-2-23-16(22)13-9-14(12-5-3-4-8-18-12)21(20-13)15-7-6-11(17)10-19-15/h3-10H,2H2,1H3. The molecule has 6 nitrogen and oxygen atoms in total. The van der Waals surface area contributed by atoms with E-state index in [1.165, 1.54) is 0 Å². The van der Waals surface area contributed by atoms with Crippen LogP contribution in [0.5, 0.6) is 0 Å². The summed E-state index contributed by atoms with van der Waals surface area (Å²) in [6.45, 7) is 2.05. The zero-order valence-electron chi connectivity index (χ0n) is 12.3. The molecule has 0 spiro atoms. The number of rotatable bonds is 4. The lowest BCUT2D eigenvalue weighted by Crippen LogP contribution is -2.07. The van der Waals surface area contributed by atoms with Gasteiger partial charge < -0.3 is 4.74 Å². The highest BCUT2D eigenvalue weighted by Crippen LogP contribution is 2.22. The van der Waals surface area contributed by atoms with Crippen LogP contribution in [0.4, 0.5) is 0 Å². The lowest BCUT2D eigenvalue weighted by molar-refractivity contribution is 0.0519. The highest BCUT2D eigenvalue weighted by atomic mass is 79.9. The molecule has 116 valence electrons. The molecule has 0 aliphatic carbocycles. The maximum atomic E-state index is 12.0. The Hall–Kier alpha value is -2.54. The van der Waals surface area contributed by atoms with E-state index in [0.717, 1.165) is 4.47 Å². The first-order chi connectivity index (χ1) is 11.2. The van der Waals surface area contributed by atoms with Crippen LogP contribution in [0.25, 0.3) is 17.2 Å². The van der Waals surface area contributed by atoms with Crippen molar-refractivity contribution in [3.05, 3.63) is 59.0 Å². The highest BCUT2D eigenvalue weighted by molar-refractivity contribution is 9.10. The number of ether oxygens (including phenoxy) is 1. The van der Waals surface area contributed by atoms with Crippen LogP contribution in [0.3, 0.4) is 0 Å². The topological polar surface area (TPSA) is 69.9 Å². The van der Waals surface area contributed by atoms with Crippen molar-refractivity contribution in [1.82, 2.24) is 19.7 Å². The summed E-state index contributed by atoms with van der Waals surface area (Å²) >= 11 is 3.35. The number of nitrogens with zero attached hydrogens (tertiary/aromatic N) is 4. The van der Waals surface area contributed by atoms with Gasteiger partial charge in [-0.1, -0.05) is 6.07 Å². The molecular formula is C16H13BrN4O2. The Labute approximate surface area is 141 Å². The molecule has 0 fully saturated rings. The van der Waals surface area contributed by atoms with E-state index < -0.39 is 5.97 Å². The Bertz CT molecular complexity index is 816. The quantitative estimate of drug-likeness (QED) is 0.657. The average Bonchev–Trinajstić information content (AvgIpc) is 3.02. The van der Waals surface area contributed by atoms with Crippen LogP contribution in [0.15, 0.2) is 53.3 Å². The minimum atomic E-state index is -0.472. The Kier molecular flexibility index (Phi) is 4.47. The molecule has 3 heterocycles. The van der Waals surface area contributed by atoms with Crippen molar-refractivity contribution in [3.8, 4) is 17.2 Å². The third-order valence-electron chi connectivity index (χ3n) is 3.05. The van der Waals surface area contributed by atoms with Gasteiger partial charge in [0.2, 0.25) is 0 Å². The summed E-state index contributed by atoms with van der Waals surface area (Å²) in [5, 5.41) is 4.33. The lowest BCUT2D eigenvalue weighted by Gasteiger charge is -2.05. The lowest BCUT2D eigenvalue weighted by atomic mass is 10.2. The number of halogens is 1. The molecule has 0 radical (unpaired) electrons. The second kappa shape index (κ2) is 6.70. The molecule has 0 aliphatic rings. The monoisotopic (exact) mass is 372 g/mol. The van der Waals surface area contributed by atoms with Crippen LogP contribution < -0.4 is 0 Å². The maximum Gasteiger partial charge on any atom is 0.358 e. The van der Waals surface area contributed by atoms with E-state index in [1.54, 1.807) is 36.1 Å². The first-order valence-corrected chi connectivity index (χ1v) is 7.79. The minimum absolute atomic E-state index is 0.220. The van der Waals surface area contributed by atoms with Crippen molar-refractivity contribution in [2.75, 3.05) is 6.61 Å². The Morgan fingerprint density at radius 1 is 1.26 bits per heavy atom. The first kappa shape index (κ1) is 15.4. The van der Waals surface area contributed by atoms with Crippen molar-refractivity contribution < 1.29 is 9.53 Å². The number of hydrogen-bond donors (Lipinski definition) is 0. The molecule has 0 atom stereocenters. The van der Waals surface area contributed by atoms with E-state index in [9.17, 15) is 4.79 Å². The number of esters is 1. The Balaban J connectivity index is 2.12. The fourth-order valence-electron chi connectivity index (χ4n) is 2.05. The summed E-state index contributed by atoms with van der Waals surface area (Å²) in [6.07, 6.45) is 3.36. The molecule has 3 rings (SSSR count). The van der Waals surface area contributed by atoms with Gasteiger partial charge in [0.15, 0.2) is 11.5 Å². The van der Waals surface area contributed by atoms with Crippen LogP contribution in [0.1, 0.15) is 17.4 Å². The Morgan fingerprint density at radius 2 is 2.13 bits per heavy atom. The van der Waals surface area contributed by atoms with Crippen LogP contribution in [0, 0.1) is 0 Å². The third-order valence-corrected chi connectivity index (χ3v) is 3.52. The minimum Gasteiger partial charge on any atom is -0.461 e. The van der Waals surface area contributed by atoms with Crippen LogP contribution >= 0.6 is 15.9 Å². The highest BCUT2D eigenvalue weighted by Gasteiger charge is 2.18. The molecule has 7 heteroatoms. The fraction of sp³-hybridized carbons (Fsp3) is 0.125. The first-order valence-electron chi connectivity index (χ1n) is 6.99. The molecule has 0 unspecified atom stereocenters. The average molecular weight is 373 g/mol. The van der Waals surface area contributed by atoms with Gasteiger partial charge in [0.05, 0.1) is 18.0 Å². The van der Waals surface area contributed by atoms with Gasteiger partial charge in [-0.15, -0.1) is 0 Å². The largest absolute Gasteiger partial charge is 0.461 e. The summed E-state index contributed by atoms with van der Waals surface area (Å²) in [5.74, 6) is 0.116. The van der Waals surface area contributed by atoms with Gasteiger partial charge in [-0.05, 0) is 47.1 Å². The van der Waals surface area contributed by atoms with Gasteiger partial charge in [0.1, 0.15) is 0 Å². The zero-order chi connectivity index (χ0) is 16.2. The predicted molar refractivity (Wildman–Crippen MR) is 88.2 cm³/mol. The normalized spacial score (nSPS) is 10.5. The van der Waals surface area contributed by atoms with Gasteiger partial charge in [-0.3, -0.25) is 4.98 Å². The van der Waals surface area contributed by atoms with E-state index in [0.29, 0.717) is 23.8 Å². The molecule has 0 aliphatic heterocycles. The zero-order valence-corrected chi connectivity index (χ0v) is 13.9. The van der Waals surface area contributed by atoms with Crippen molar-refractivity contribution in [2.45, 2.75) is 6.92 Å². The Morgan fingerprint density at radius 3 is 2.78 bits per heavy atom. The van der Waals surface area contributed by atoms with Crippen molar-refractivity contribution in [1.29, 1.82) is 0 Å². The van der Waals surface area contributed by atoms with Gasteiger partial charge in [-0.2, -0.15) is 5.10 Å². The molecular weight excluding hydrogens is 360 g/mol. The number of carbonyl (C=O) groups excluding carboxylic acids is 1. The molecule has 3 aromatic heterocycles. The predicted octanol–water partition coefficient (Wildman–Crippen LogP) is 3.27. The molecule has 0 aromatic carbocycles. The number of aromatic nitrogens is 4. The summed E-state index contributed by atoms with van der Waals surface area (Å²) in [5.41, 5.74) is 1.58. The van der Waals surface area contributed by atoms with E-state index in [2.05, 4.69) is 31.0 Å². The van der Waals surface area contributed by atoms with Crippen molar-refractivity contribution in [2.24, 2.45) is 0 Å². The summed E-state index contributed by atoms with van der Waals surface area (Å²) < 4.78 is 7.47. The van der Waals surface area contributed by atoms with E-state index in [-0.39, 0.29) is 5.69 Å². The van der Waals surface area contributed by atoms with Crippen LogP contribution in [-0.4, -0.2) is 32.3 Å². The maximum absolute atomic E-state index is 12.0. The fourth-order valence-corrected chi connectivity index (χ4v) is 2.29. The second-order valence-corrected chi connectivity index (χ2v) is 5.51. The summed E-state index contributed by atoms with van der Waals surface area (Å²) in [4.78, 5) is 20.6. The molecule has 0 N–H and O–H groups in total. The van der Waals surface area contributed by atoms with Gasteiger partial charge >= 0.3 is 5.97 Å². The number of pyridine rings is 2. The van der Waals surface area contributed by atoms with Crippen LogP contribution in [0.2, 0.25) is 0 Å². The van der Waals surface area contributed by atoms with E-state index in [1.807, 2.05) is 24.3 Å². The van der Waals surface area contributed by atoms with Gasteiger partial charge in [-0.25, -0.2) is 14.5 Å². The van der Waals surface area contributed by atoms with E-state index in [4.69, 9.17) is 4.74 Å². The summed E-state index contributed by atoms with van der Waals surface area (Å²) in [7, 11) is 0. The van der Waals surface area contributed by atoms with Gasteiger partial charge in [0.25, 0.3) is 0 Å². The SMILES string of the molecule is CCOC(=O)c1cc(-c2ccccn2)n(-c2ccc(Br)cn2)n1. The summed E-state index contributed by atoms with van der Waals surface area (Å²) in [6, 6.07) is 10.9. The molecule has 0 saturated heterocycles. The van der Waals surface area contributed by atoms with Crippen molar-refractivity contribution >= 4 is 21.9 Å². The second-order valence-electron chi connectivity index (χ2n) is 4.60.